The van der Waals surface area contributed by atoms with Crippen molar-refractivity contribution in [1.82, 2.24) is 34.3 Å². The maximum absolute atomic E-state index is 9.75. The van der Waals surface area contributed by atoms with Crippen LogP contribution < -0.4 is 9.64 Å². The van der Waals surface area contributed by atoms with Crippen LogP contribution in [0, 0.1) is 11.3 Å². The van der Waals surface area contributed by atoms with E-state index in [9.17, 15) is 5.26 Å². The normalized spacial score (nSPS) is 14.8. The fourth-order valence-electron chi connectivity index (χ4n) is 5.51. The lowest BCUT2D eigenvalue weighted by Crippen LogP contribution is -2.47. The number of pyridine rings is 2. The molecule has 11 heteroatoms. The Kier molecular flexibility index (Phi) is 7.31. The summed E-state index contributed by atoms with van der Waals surface area (Å²) in [6.45, 7) is 5.80. The molecule has 42 heavy (non-hydrogen) atoms. The summed E-state index contributed by atoms with van der Waals surface area (Å²) in [5.41, 5.74) is 5.07. The van der Waals surface area contributed by atoms with Gasteiger partial charge >= 0.3 is 0 Å². The van der Waals surface area contributed by atoms with Crippen molar-refractivity contribution in [3.8, 4) is 34.5 Å². The van der Waals surface area contributed by atoms with E-state index in [4.69, 9.17) is 19.4 Å². The molecule has 6 rings (SSSR count). The van der Waals surface area contributed by atoms with Crippen LogP contribution in [0.25, 0.3) is 28.0 Å². The van der Waals surface area contributed by atoms with Gasteiger partial charge in [0.25, 0.3) is 0 Å². The van der Waals surface area contributed by atoms with Gasteiger partial charge in [-0.05, 0) is 44.4 Å². The molecule has 0 atom stereocenters. The van der Waals surface area contributed by atoms with Crippen molar-refractivity contribution in [2.24, 2.45) is 0 Å². The quantitative estimate of drug-likeness (QED) is 0.264. The predicted molar refractivity (Wildman–Crippen MR) is 158 cm³/mol. The highest BCUT2D eigenvalue weighted by molar-refractivity contribution is 5.83. The van der Waals surface area contributed by atoms with Crippen LogP contribution in [0.2, 0.25) is 0 Å². The molecule has 1 fully saturated rings. The highest BCUT2D eigenvalue weighted by Crippen LogP contribution is 2.33. The van der Waals surface area contributed by atoms with Gasteiger partial charge in [0.2, 0.25) is 5.88 Å². The first-order valence-electron chi connectivity index (χ1n) is 14.0. The zero-order valence-electron chi connectivity index (χ0n) is 24.2. The highest BCUT2D eigenvalue weighted by Gasteiger charge is 2.35. The van der Waals surface area contributed by atoms with Crippen molar-refractivity contribution in [3.05, 3.63) is 72.6 Å². The molecular formula is C31H33N9O2. The SMILES string of the molecule is COc1ccc(CC2(OC)CCN(c3ccc(-c4nc(-c5cnn(C(C)C)c5)cn5ncc(C#N)c45)cn3)CC2)cn1. The third-order valence-corrected chi connectivity index (χ3v) is 8.03. The summed E-state index contributed by atoms with van der Waals surface area (Å²) in [6.07, 6.45) is 13.4. The standard InChI is InChI=1S/C31H33N9O2/c1-21(2)39-19-25(18-35-39)26-20-40-30(24(14-32)17-36-40)29(37-26)23-6-7-27(33-16-23)38-11-9-31(42-4,10-12-38)13-22-5-8-28(41-3)34-15-22/h5-8,15-21H,9-13H2,1-4H3. The van der Waals surface area contributed by atoms with Crippen molar-refractivity contribution in [1.29, 1.82) is 5.26 Å². The van der Waals surface area contributed by atoms with Crippen LogP contribution in [-0.2, 0) is 11.2 Å². The molecule has 0 amide bonds. The molecule has 1 aliphatic heterocycles. The number of hydrogen-bond acceptors (Lipinski definition) is 9. The van der Waals surface area contributed by atoms with Crippen LogP contribution in [0.15, 0.2) is 61.4 Å². The van der Waals surface area contributed by atoms with E-state index >= 15 is 0 Å². The molecule has 0 unspecified atom stereocenters. The van der Waals surface area contributed by atoms with Gasteiger partial charge in [-0.15, -0.1) is 0 Å². The third kappa shape index (κ3) is 5.17. The third-order valence-electron chi connectivity index (χ3n) is 8.03. The molecule has 5 aromatic heterocycles. The number of aromatic nitrogens is 7. The molecule has 6 heterocycles. The molecule has 0 aromatic carbocycles. The highest BCUT2D eigenvalue weighted by atomic mass is 16.5. The Morgan fingerprint density at radius 2 is 1.79 bits per heavy atom. The Balaban J connectivity index is 1.24. The Labute approximate surface area is 244 Å². The number of methoxy groups -OCH3 is 2. The van der Waals surface area contributed by atoms with Gasteiger partial charge in [0.05, 0.1) is 42.7 Å². The predicted octanol–water partition coefficient (Wildman–Crippen LogP) is 4.74. The number of nitrogens with zero attached hydrogens (tertiary/aromatic N) is 9. The molecule has 0 radical (unpaired) electrons. The van der Waals surface area contributed by atoms with Crippen molar-refractivity contribution in [2.75, 3.05) is 32.2 Å². The van der Waals surface area contributed by atoms with Gasteiger partial charge in [0.1, 0.15) is 23.0 Å². The fourth-order valence-corrected chi connectivity index (χ4v) is 5.51. The molecule has 0 aliphatic carbocycles. The van der Waals surface area contributed by atoms with Crippen LogP contribution in [0.3, 0.4) is 0 Å². The molecule has 0 N–H and O–H groups in total. The van der Waals surface area contributed by atoms with Crippen molar-refractivity contribution in [2.45, 2.75) is 44.8 Å². The molecule has 0 bridgehead atoms. The molecule has 1 saturated heterocycles. The monoisotopic (exact) mass is 563 g/mol. The van der Waals surface area contributed by atoms with Gasteiger partial charge in [0.15, 0.2) is 0 Å². The van der Waals surface area contributed by atoms with Gasteiger partial charge in [-0.25, -0.2) is 19.5 Å². The molecular weight excluding hydrogens is 530 g/mol. The van der Waals surface area contributed by atoms with Crippen LogP contribution in [0.1, 0.15) is 43.9 Å². The second-order valence-corrected chi connectivity index (χ2v) is 10.9. The maximum Gasteiger partial charge on any atom is 0.212 e. The lowest BCUT2D eigenvalue weighted by Gasteiger charge is -2.41. The van der Waals surface area contributed by atoms with E-state index in [2.05, 4.69) is 40.0 Å². The van der Waals surface area contributed by atoms with Crippen LogP contribution in [0.4, 0.5) is 5.82 Å². The van der Waals surface area contributed by atoms with E-state index in [0.717, 1.165) is 60.6 Å². The number of hydrogen-bond donors (Lipinski definition) is 0. The first kappa shape index (κ1) is 27.4. The van der Waals surface area contributed by atoms with E-state index in [1.807, 2.05) is 53.7 Å². The van der Waals surface area contributed by atoms with E-state index in [1.54, 1.807) is 31.1 Å². The van der Waals surface area contributed by atoms with Crippen molar-refractivity contribution < 1.29 is 9.47 Å². The molecule has 1 aliphatic rings. The Bertz CT molecular complexity index is 1730. The summed E-state index contributed by atoms with van der Waals surface area (Å²) in [7, 11) is 3.41. The van der Waals surface area contributed by atoms with Gasteiger partial charge in [-0.2, -0.15) is 15.5 Å². The topological polar surface area (TPSA) is 119 Å². The average Bonchev–Trinajstić information content (AvgIpc) is 3.70. The summed E-state index contributed by atoms with van der Waals surface area (Å²) in [6, 6.07) is 10.5. The number of rotatable bonds is 8. The fraction of sp³-hybridized carbons (Fsp3) is 0.355. The van der Waals surface area contributed by atoms with Crippen LogP contribution >= 0.6 is 0 Å². The van der Waals surface area contributed by atoms with E-state index < -0.39 is 0 Å². The van der Waals surface area contributed by atoms with Crippen LogP contribution in [0.5, 0.6) is 5.88 Å². The summed E-state index contributed by atoms with van der Waals surface area (Å²) < 4.78 is 14.9. The summed E-state index contributed by atoms with van der Waals surface area (Å²) in [5.74, 6) is 1.51. The summed E-state index contributed by atoms with van der Waals surface area (Å²) in [5, 5.41) is 18.7. The minimum absolute atomic E-state index is 0.233. The van der Waals surface area contributed by atoms with Crippen molar-refractivity contribution in [3.63, 3.8) is 0 Å². The second kappa shape index (κ2) is 11.2. The zero-order chi connectivity index (χ0) is 29.3. The average molecular weight is 564 g/mol. The number of anilines is 1. The number of nitriles is 1. The van der Waals surface area contributed by atoms with Gasteiger partial charge in [-0.1, -0.05) is 6.07 Å². The zero-order valence-corrected chi connectivity index (χ0v) is 24.2. The minimum Gasteiger partial charge on any atom is -0.481 e. The Morgan fingerprint density at radius 3 is 2.40 bits per heavy atom. The lowest BCUT2D eigenvalue weighted by atomic mass is 9.85. The van der Waals surface area contributed by atoms with Gasteiger partial charge in [0, 0.05) is 68.4 Å². The number of ether oxygens (including phenoxy) is 2. The molecule has 0 spiro atoms. The largest absolute Gasteiger partial charge is 0.481 e. The molecule has 214 valence electrons. The lowest BCUT2D eigenvalue weighted by molar-refractivity contribution is -0.0291. The van der Waals surface area contributed by atoms with Gasteiger partial charge < -0.3 is 14.4 Å². The Morgan fingerprint density at radius 1 is 0.952 bits per heavy atom. The molecule has 11 nitrogen and oxygen atoms in total. The smallest absolute Gasteiger partial charge is 0.212 e. The molecule has 5 aromatic rings. The second-order valence-electron chi connectivity index (χ2n) is 10.9. The van der Waals surface area contributed by atoms with Gasteiger partial charge in [-0.3, -0.25) is 4.68 Å². The summed E-state index contributed by atoms with van der Waals surface area (Å²) in [4.78, 5) is 16.4. The van der Waals surface area contributed by atoms with Crippen LogP contribution in [-0.4, -0.2) is 67.3 Å². The van der Waals surface area contributed by atoms with Crippen molar-refractivity contribution >= 4 is 11.3 Å². The minimum atomic E-state index is -0.248. The van der Waals surface area contributed by atoms with E-state index in [0.29, 0.717) is 22.7 Å². The number of fused-ring (bicyclic) bond motifs is 1. The Hall–Kier alpha value is -4.82. The maximum atomic E-state index is 9.75. The van der Waals surface area contributed by atoms with E-state index in [1.165, 1.54) is 0 Å². The molecule has 0 saturated carbocycles. The summed E-state index contributed by atoms with van der Waals surface area (Å²) >= 11 is 0. The van der Waals surface area contributed by atoms with E-state index in [-0.39, 0.29) is 11.6 Å². The number of piperidine rings is 1. The first-order chi connectivity index (χ1) is 20.4. The first-order valence-corrected chi connectivity index (χ1v) is 14.0.